The summed E-state index contributed by atoms with van der Waals surface area (Å²) in [5.41, 5.74) is 6.63. The van der Waals surface area contributed by atoms with E-state index in [1.54, 1.807) is 30.2 Å². The number of rotatable bonds is 3. The summed E-state index contributed by atoms with van der Waals surface area (Å²) >= 11 is 1.63. The minimum Gasteiger partial charge on any atom is -0.340 e. The third-order valence-corrected chi connectivity index (χ3v) is 2.50. The van der Waals surface area contributed by atoms with Crippen LogP contribution in [0.4, 0.5) is 0 Å². The summed E-state index contributed by atoms with van der Waals surface area (Å²) in [6, 6.07) is 1.60. The van der Waals surface area contributed by atoms with Gasteiger partial charge in [-0.05, 0) is 29.3 Å². The Morgan fingerprint density at radius 3 is 2.92 bits per heavy atom. The highest BCUT2D eigenvalue weighted by Gasteiger charge is 2.13. The molecule has 0 bridgehead atoms. The number of amides is 1. The molecular weight excluding hydrogens is 184 g/mol. The van der Waals surface area contributed by atoms with E-state index in [4.69, 9.17) is 5.73 Å². The van der Waals surface area contributed by atoms with Gasteiger partial charge in [-0.15, -0.1) is 0 Å². The molecule has 0 radical (unpaired) electrons. The van der Waals surface area contributed by atoms with Crippen LogP contribution < -0.4 is 5.73 Å². The summed E-state index contributed by atoms with van der Waals surface area (Å²) < 4.78 is 0. The van der Waals surface area contributed by atoms with Gasteiger partial charge in [-0.2, -0.15) is 11.3 Å². The SMILES string of the molecule is CC(N)C(=O)N(C)Cc1ccsc1. The number of hydrogen-bond acceptors (Lipinski definition) is 3. The van der Waals surface area contributed by atoms with Crippen molar-refractivity contribution >= 4 is 17.2 Å². The molecule has 0 aliphatic heterocycles. The van der Waals surface area contributed by atoms with Gasteiger partial charge in [0, 0.05) is 13.6 Å². The summed E-state index contributed by atoms with van der Waals surface area (Å²) in [5.74, 6) is -0.0220. The molecule has 0 aliphatic carbocycles. The van der Waals surface area contributed by atoms with Crippen LogP contribution in [0.15, 0.2) is 16.8 Å². The molecule has 1 rings (SSSR count). The zero-order valence-corrected chi connectivity index (χ0v) is 8.67. The van der Waals surface area contributed by atoms with E-state index in [1.807, 2.05) is 16.8 Å². The van der Waals surface area contributed by atoms with E-state index in [-0.39, 0.29) is 5.91 Å². The minimum absolute atomic E-state index is 0.0220. The molecule has 1 atom stereocenters. The molecule has 0 saturated carbocycles. The lowest BCUT2D eigenvalue weighted by atomic mass is 10.2. The number of carbonyl (C=O) groups excluding carboxylic acids is 1. The van der Waals surface area contributed by atoms with Crippen molar-refractivity contribution in [2.24, 2.45) is 5.73 Å². The van der Waals surface area contributed by atoms with Crippen molar-refractivity contribution in [2.45, 2.75) is 19.5 Å². The fourth-order valence-electron chi connectivity index (χ4n) is 1.08. The van der Waals surface area contributed by atoms with E-state index in [0.29, 0.717) is 6.54 Å². The lowest BCUT2D eigenvalue weighted by Gasteiger charge is -2.18. The van der Waals surface area contributed by atoms with Gasteiger partial charge in [0.1, 0.15) is 0 Å². The predicted octanol–water partition coefficient (Wildman–Crippen LogP) is 1.05. The Morgan fingerprint density at radius 1 is 1.77 bits per heavy atom. The average molecular weight is 198 g/mol. The first-order chi connectivity index (χ1) is 6.11. The zero-order valence-electron chi connectivity index (χ0n) is 7.86. The molecule has 1 unspecified atom stereocenters. The molecule has 0 saturated heterocycles. The first-order valence-electron chi connectivity index (χ1n) is 4.13. The van der Waals surface area contributed by atoms with E-state index in [0.717, 1.165) is 5.56 Å². The van der Waals surface area contributed by atoms with Gasteiger partial charge in [-0.25, -0.2) is 0 Å². The van der Waals surface area contributed by atoms with Crippen molar-refractivity contribution < 1.29 is 4.79 Å². The Labute approximate surface area is 82.2 Å². The molecule has 72 valence electrons. The molecule has 0 aromatic carbocycles. The Morgan fingerprint density at radius 2 is 2.46 bits per heavy atom. The van der Waals surface area contributed by atoms with Gasteiger partial charge in [0.15, 0.2) is 0 Å². The number of hydrogen-bond donors (Lipinski definition) is 1. The molecule has 4 heteroatoms. The maximum absolute atomic E-state index is 11.4. The molecule has 1 aromatic heterocycles. The van der Waals surface area contributed by atoms with Crippen LogP contribution in [0.5, 0.6) is 0 Å². The van der Waals surface area contributed by atoms with Crippen LogP contribution in [0.2, 0.25) is 0 Å². The monoisotopic (exact) mass is 198 g/mol. The van der Waals surface area contributed by atoms with Crippen LogP contribution in [-0.2, 0) is 11.3 Å². The topological polar surface area (TPSA) is 46.3 Å². The van der Waals surface area contributed by atoms with Crippen molar-refractivity contribution in [3.8, 4) is 0 Å². The van der Waals surface area contributed by atoms with Crippen LogP contribution in [0.3, 0.4) is 0 Å². The van der Waals surface area contributed by atoms with Crippen LogP contribution in [0, 0.1) is 0 Å². The second-order valence-electron chi connectivity index (χ2n) is 3.11. The summed E-state index contributed by atoms with van der Waals surface area (Å²) in [7, 11) is 1.77. The summed E-state index contributed by atoms with van der Waals surface area (Å²) in [4.78, 5) is 13.0. The van der Waals surface area contributed by atoms with E-state index in [2.05, 4.69) is 0 Å². The first kappa shape index (κ1) is 10.2. The van der Waals surface area contributed by atoms with Gasteiger partial charge in [0.2, 0.25) is 5.91 Å². The van der Waals surface area contributed by atoms with Crippen LogP contribution in [-0.4, -0.2) is 23.9 Å². The second kappa shape index (κ2) is 4.39. The fourth-order valence-corrected chi connectivity index (χ4v) is 1.74. The van der Waals surface area contributed by atoms with Gasteiger partial charge >= 0.3 is 0 Å². The molecule has 0 spiro atoms. The molecule has 13 heavy (non-hydrogen) atoms. The number of likely N-dealkylation sites (N-methyl/N-ethyl adjacent to an activating group) is 1. The number of nitrogens with two attached hydrogens (primary N) is 1. The maximum Gasteiger partial charge on any atom is 0.239 e. The fraction of sp³-hybridized carbons (Fsp3) is 0.444. The zero-order chi connectivity index (χ0) is 9.84. The van der Waals surface area contributed by atoms with E-state index >= 15 is 0 Å². The van der Waals surface area contributed by atoms with Crippen LogP contribution in [0.1, 0.15) is 12.5 Å². The van der Waals surface area contributed by atoms with Crippen molar-refractivity contribution in [2.75, 3.05) is 7.05 Å². The average Bonchev–Trinajstić information content (AvgIpc) is 2.55. The quantitative estimate of drug-likeness (QED) is 0.789. The standard InChI is InChI=1S/C9H14N2OS/c1-7(10)9(12)11(2)5-8-3-4-13-6-8/h3-4,6-7H,5,10H2,1-2H3. The smallest absolute Gasteiger partial charge is 0.239 e. The van der Waals surface area contributed by atoms with E-state index in [1.165, 1.54) is 0 Å². The Hall–Kier alpha value is -0.870. The highest BCUT2D eigenvalue weighted by Crippen LogP contribution is 2.08. The molecule has 1 amide bonds. The number of thiophene rings is 1. The van der Waals surface area contributed by atoms with Crippen LogP contribution >= 0.6 is 11.3 Å². The molecule has 1 aromatic rings. The molecular formula is C9H14N2OS. The molecule has 0 fully saturated rings. The first-order valence-corrected chi connectivity index (χ1v) is 5.07. The van der Waals surface area contributed by atoms with E-state index < -0.39 is 6.04 Å². The van der Waals surface area contributed by atoms with Crippen molar-refractivity contribution in [1.82, 2.24) is 4.90 Å². The summed E-state index contributed by atoms with van der Waals surface area (Å²) in [6.45, 7) is 2.34. The normalized spacial score (nSPS) is 12.5. The van der Waals surface area contributed by atoms with Gasteiger partial charge in [-0.1, -0.05) is 0 Å². The molecule has 3 nitrogen and oxygen atoms in total. The van der Waals surface area contributed by atoms with Gasteiger partial charge < -0.3 is 10.6 Å². The Balaban J connectivity index is 2.51. The van der Waals surface area contributed by atoms with Gasteiger partial charge in [0.25, 0.3) is 0 Å². The minimum atomic E-state index is -0.413. The molecule has 0 aliphatic rings. The number of nitrogens with zero attached hydrogens (tertiary/aromatic N) is 1. The highest BCUT2D eigenvalue weighted by molar-refractivity contribution is 7.07. The van der Waals surface area contributed by atoms with Crippen molar-refractivity contribution in [1.29, 1.82) is 0 Å². The third-order valence-electron chi connectivity index (χ3n) is 1.77. The summed E-state index contributed by atoms with van der Waals surface area (Å²) in [6.07, 6.45) is 0. The second-order valence-corrected chi connectivity index (χ2v) is 3.89. The Bertz CT molecular complexity index is 269. The largest absolute Gasteiger partial charge is 0.340 e. The Kier molecular flexibility index (Phi) is 3.45. The predicted molar refractivity (Wildman–Crippen MR) is 54.4 cm³/mol. The van der Waals surface area contributed by atoms with Crippen molar-refractivity contribution in [3.63, 3.8) is 0 Å². The lowest BCUT2D eigenvalue weighted by Crippen LogP contribution is -2.39. The molecule has 1 heterocycles. The van der Waals surface area contributed by atoms with Crippen molar-refractivity contribution in [3.05, 3.63) is 22.4 Å². The number of carbonyl (C=O) groups is 1. The van der Waals surface area contributed by atoms with Crippen LogP contribution in [0.25, 0.3) is 0 Å². The lowest BCUT2D eigenvalue weighted by molar-refractivity contribution is -0.131. The molecule has 2 N–H and O–H groups in total. The van der Waals surface area contributed by atoms with Gasteiger partial charge in [0.05, 0.1) is 6.04 Å². The van der Waals surface area contributed by atoms with Gasteiger partial charge in [-0.3, -0.25) is 4.79 Å². The highest BCUT2D eigenvalue weighted by atomic mass is 32.1. The third kappa shape index (κ3) is 2.82. The van der Waals surface area contributed by atoms with E-state index in [9.17, 15) is 4.79 Å². The summed E-state index contributed by atoms with van der Waals surface area (Å²) in [5, 5.41) is 4.03. The maximum atomic E-state index is 11.4.